The molecule has 12 rings (SSSR count). The van der Waals surface area contributed by atoms with E-state index in [0.29, 0.717) is 0 Å². The van der Waals surface area contributed by atoms with Crippen molar-refractivity contribution in [3.63, 3.8) is 0 Å². The van der Waals surface area contributed by atoms with Crippen LogP contribution in [0.5, 0.6) is 0 Å². The van der Waals surface area contributed by atoms with Gasteiger partial charge in [0.2, 0.25) is 0 Å². The summed E-state index contributed by atoms with van der Waals surface area (Å²) in [5, 5.41) is 15.3. The van der Waals surface area contributed by atoms with Gasteiger partial charge in [0.25, 0.3) is 0 Å². The molecule has 0 aliphatic heterocycles. The molecule has 11 aromatic carbocycles. The molecule has 0 aromatic heterocycles. The first-order valence-corrected chi connectivity index (χ1v) is 20.1. The van der Waals surface area contributed by atoms with E-state index in [-0.39, 0.29) is 5.41 Å². The smallest absolute Gasteiger partial charge is 0.0159 e. The van der Waals surface area contributed by atoms with Crippen LogP contribution in [-0.4, -0.2) is 0 Å². The first-order valence-electron chi connectivity index (χ1n) is 20.1. The SMILES string of the molecule is CC1(C)c2ccccc2-c2c(-c3c4ccccc4c(-c4cc5c6ccccc6ccc5c5ccccc45)c4ccc(-c5ccc6ccccc6c5)cc34)cccc21. The third-order valence-electron chi connectivity index (χ3n) is 13.0. The second-order valence-corrected chi connectivity index (χ2v) is 16.4. The topological polar surface area (TPSA) is 0 Å². The molecule has 0 N–H and O–H groups in total. The van der Waals surface area contributed by atoms with E-state index in [2.05, 4.69) is 208 Å². The maximum atomic E-state index is 2.48. The highest BCUT2D eigenvalue weighted by atomic mass is 14.4. The molecule has 0 spiro atoms. The van der Waals surface area contributed by atoms with Crippen LogP contribution in [0.2, 0.25) is 0 Å². The lowest BCUT2D eigenvalue weighted by Crippen LogP contribution is -2.14. The largest absolute Gasteiger partial charge is 0.0619 e. The Morgan fingerprint density at radius 3 is 1.61 bits per heavy atom. The number of hydrogen-bond donors (Lipinski definition) is 0. The van der Waals surface area contributed by atoms with Gasteiger partial charge in [-0.05, 0) is 138 Å². The van der Waals surface area contributed by atoms with Crippen molar-refractivity contribution in [2.24, 2.45) is 0 Å². The molecule has 0 unspecified atom stereocenters. The minimum Gasteiger partial charge on any atom is -0.0619 e. The zero-order valence-corrected chi connectivity index (χ0v) is 32.0. The molecule has 57 heavy (non-hydrogen) atoms. The lowest BCUT2D eigenvalue weighted by atomic mass is 9.80. The van der Waals surface area contributed by atoms with Crippen LogP contribution >= 0.6 is 0 Å². The Labute approximate surface area is 332 Å². The molecule has 0 atom stereocenters. The fourth-order valence-electron chi connectivity index (χ4n) is 10.3. The second-order valence-electron chi connectivity index (χ2n) is 16.4. The lowest BCUT2D eigenvalue weighted by molar-refractivity contribution is 0.660. The molecule has 0 radical (unpaired) electrons. The first kappa shape index (κ1) is 32.2. The van der Waals surface area contributed by atoms with Crippen molar-refractivity contribution in [1.29, 1.82) is 0 Å². The molecular weight excluding hydrogens is 685 g/mol. The Hall–Kier alpha value is -7.02. The third-order valence-corrected chi connectivity index (χ3v) is 13.0. The highest BCUT2D eigenvalue weighted by Gasteiger charge is 2.37. The van der Waals surface area contributed by atoms with Gasteiger partial charge in [-0.15, -0.1) is 0 Å². The Kier molecular flexibility index (Phi) is 6.78. The molecule has 0 saturated carbocycles. The van der Waals surface area contributed by atoms with E-state index in [9.17, 15) is 0 Å². The molecule has 0 fully saturated rings. The van der Waals surface area contributed by atoms with Gasteiger partial charge < -0.3 is 0 Å². The van der Waals surface area contributed by atoms with Crippen molar-refractivity contribution in [3.05, 3.63) is 205 Å². The number of fused-ring (bicyclic) bond motifs is 11. The summed E-state index contributed by atoms with van der Waals surface area (Å²) in [6, 6.07) is 72.9. The highest BCUT2D eigenvalue weighted by molar-refractivity contribution is 6.28. The van der Waals surface area contributed by atoms with Crippen LogP contribution in [0.1, 0.15) is 25.0 Å². The van der Waals surface area contributed by atoms with Crippen molar-refractivity contribution in [1.82, 2.24) is 0 Å². The van der Waals surface area contributed by atoms with Gasteiger partial charge >= 0.3 is 0 Å². The first-order chi connectivity index (χ1) is 28.0. The van der Waals surface area contributed by atoms with Crippen LogP contribution in [0.4, 0.5) is 0 Å². The normalized spacial score (nSPS) is 13.2. The zero-order chi connectivity index (χ0) is 37.8. The molecule has 0 bridgehead atoms. The summed E-state index contributed by atoms with van der Waals surface area (Å²) in [5.41, 5.74) is 13.0. The Morgan fingerprint density at radius 2 is 0.789 bits per heavy atom. The van der Waals surface area contributed by atoms with Crippen molar-refractivity contribution in [2.75, 3.05) is 0 Å². The fraction of sp³-hybridized carbons (Fsp3) is 0.0526. The van der Waals surface area contributed by atoms with Gasteiger partial charge in [-0.1, -0.05) is 190 Å². The van der Waals surface area contributed by atoms with Crippen molar-refractivity contribution in [2.45, 2.75) is 19.3 Å². The molecular formula is C57H38. The third kappa shape index (κ3) is 4.62. The van der Waals surface area contributed by atoms with E-state index in [1.165, 1.54) is 120 Å². The summed E-state index contributed by atoms with van der Waals surface area (Å²) in [6.45, 7) is 4.76. The summed E-state index contributed by atoms with van der Waals surface area (Å²) < 4.78 is 0. The van der Waals surface area contributed by atoms with E-state index in [1.54, 1.807) is 0 Å². The number of hydrogen-bond acceptors (Lipinski definition) is 0. The summed E-state index contributed by atoms with van der Waals surface area (Å²) in [6.07, 6.45) is 0. The standard InChI is InChI=1S/C57H38/c1-57(2)52-24-12-11-22-47(52)56-48(23-13-25-53(56)57)55-45-21-10-9-20-44(45)54(46-31-29-39(33-50(46)55)38-27-26-35-14-3-4-16-37(35)32-38)51-34-49-40-17-6-5-15-36(40)28-30-43(49)41-18-7-8-19-42(41)51/h3-34H,1-2H3. The molecule has 0 heteroatoms. The molecule has 0 saturated heterocycles. The highest BCUT2D eigenvalue weighted by Crippen LogP contribution is 2.55. The lowest BCUT2D eigenvalue weighted by Gasteiger charge is -2.23. The minimum atomic E-state index is -0.101. The molecule has 266 valence electrons. The second kappa shape index (κ2) is 12.0. The van der Waals surface area contributed by atoms with E-state index in [4.69, 9.17) is 0 Å². The summed E-state index contributed by atoms with van der Waals surface area (Å²) in [7, 11) is 0. The van der Waals surface area contributed by atoms with E-state index in [1.807, 2.05) is 0 Å². The Bertz CT molecular complexity index is 3490. The molecule has 11 aromatic rings. The molecule has 0 heterocycles. The average Bonchev–Trinajstić information content (AvgIpc) is 3.51. The molecule has 0 amide bonds. The van der Waals surface area contributed by atoms with Crippen LogP contribution in [-0.2, 0) is 5.41 Å². The van der Waals surface area contributed by atoms with Gasteiger partial charge in [0, 0.05) is 5.41 Å². The number of rotatable bonds is 3. The monoisotopic (exact) mass is 722 g/mol. The van der Waals surface area contributed by atoms with Crippen LogP contribution in [0.3, 0.4) is 0 Å². The van der Waals surface area contributed by atoms with Crippen molar-refractivity contribution >= 4 is 64.6 Å². The van der Waals surface area contributed by atoms with Gasteiger partial charge in [0.1, 0.15) is 0 Å². The van der Waals surface area contributed by atoms with E-state index >= 15 is 0 Å². The Balaban J connectivity index is 1.26. The zero-order valence-electron chi connectivity index (χ0n) is 32.0. The van der Waals surface area contributed by atoms with Crippen molar-refractivity contribution in [3.8, 4) is 44.5 Å². The quantitative estimate of drug-likeness (QED) is 0.126. The van der Waals surface area contributed by atoms with E-state index < -0.39 is 0 Å². The maximum absolute atomic E-state index is 2.48. The molecule has 1 aliphatic carbocycles. The van der Waals surface area contributed by atoms with Gasteiger partial charge in [-0.3, -0.25) is 0 Å². The molecule has 0 nitrogen and oxygen atoms in total. The van der Waals surface area contributed by atoms with Crippen LogP contribution in [0.25, 0.3) is 109 Å². The minimum absolute atomic E-state index is 0.101. The van der Waals surface area contributed by atoms with Gasteiger partial charge in [-0.25, -0.2) is 0 Å². The molecule has 1 aliphatic rings. The summed E-state index contributed by atoms with van der Waals surface area (Å²) >= 11 is 0. The van der Waals surface area contributed by atoms with Gasteiger partial charge in [-0.2, -0.15) is 0 Å². The van der Waals surface area contributed by atoms with Gasteiger partial charge in [0.05, 0.1) is 0 Å². The fourth-order valence-corrected chi connectivity index (χ4v) is 10.3. The summed E-state index contributed by atoms with van der Waals surface area (Å²) in [5.74, 6) is 0. The average molecular weight is 723 g/mol. The van der Waals surface area contributed by atoms with Crippen LogP contribution in [0, 0.1) is 0 Å². The maximum Gasteiger partial charge on any atom is 0.0159 e. The predicted molar refractivity (Wildman–Crippen MR) is 245 cm³/mol. The Morgan fingerprint density at radius 1 is 0.263 bits per heavy atom. The van der Waals surface area contributed by atoms with E-state index in [0.717, 1.165) is 0 Å². The summed E-state index contributed by atoms with van der Waals surface area (Å²) in [4.78, 5) is 0. The van der Waals surface area contributed by atoms with Crippen LogP contribution < -0.4 is 0 Å². The van der Waals surface area contributed by atoms with Crippen LogP contribution in [0.15, 0.2) is 194 Å². The van der Waals surface area contributed by atoms with Gasteiger partial charge in [0.15, 0.2) is 0 Å². The van der Waals surface area contributed by atoms with Crippen molar-refractivity contribution < 1.29 is 0 Å². The predicted octanol–water partition coefficient (Wildman–Crippen LogP) is 15.9. The number of benzene rings is 11.